The number of hydrogen-bond acceptors (Lipinski definition) is 3. The van der Waals surface area contributed by atoms with Gasteiger partial charge in [-0.05, 0) is 69.0 Å². The zero-order valence-electron chi connectivity index (χ0n) is 18.3. The first-order valence-corrected chi connectivity index (χ1v) is 11.8. The molecule has 0 amide bonds. The summed E-state index contributed by atoms with van der Waals surface area (Å²) >= 11 is 0. The van der Waals surface area contributed by atoms with Crippen molar-refractivity contribution in [1.29, 1.82) is 0 Å². The summed E-state index contributed by atoms with van der Waals surface area (Å²) in [4.78, 5) is 10.5. The van der Waals surface area contributed by atoms with Gasteiger partial charge in [0.1, 0.15) is 0 Å². The molecular weight excluding hydrogens is 366 g/mol. The van der Waals surface area contributed by atoms with Crippen LogP contribution < -0.4 is 5.73 Å². The number of rotatable bonds is 5. The van der Waals surface area contributed by atoms with Crippen LogP contribution in [0.15, 0.2) is 58.5 Å². The molecule has 0 spiro atoms. The summed E-state index contributed by atoms with van der Waals surface area (Å²) in [5.74, 6) is 1.04. The van der Waals surface area contributed by atoms with Gasteiger partial charge in [0.25, 0.3) is 0 Å². The average Bonchev–Trinajstić information content (AvgIpc) is 2.80. The molecule has 3 nitrogen and oxygen atoms in total. The lowest BCUT2D eigenvalue weighted by atomic mass is 9.77. The van der Waals surface area contributed by atoms with Gasteiger partial charge >= 0.3 is 0 Å². The van der Waals surface area contributed by atoms with Gasteiger partial charge in [0.2, 0.25) is 0 Å². The molecule has 2 aromatic rings. The number of nitrogens with zero attached hydrogens (tertiary/aromatic N) is 2. The maximum absolute atomic E-state index is 5.92. The second kappa shape index (κ2) is 10.1. The minimum absolute atomic E-state index is 0.516. The summed E-state index contributed by atoms with van der Waals surface area (Å²) in [6.45, 7) is 2.13. The molecule has 0 aromatic heterocycles. The fourth-order valence-corrected chi connectivity index (χ4v) is 4.91. The number of aryl methyl sites for hydroxylation is 1. The van der Waals surface area contributed by atoms with Gasteiger partial charge in [0.15, 0.2) is 0 Å². The minimum Gasteiger partial charge on any atom is -0.399 e. The molecule has 2 aliphatic carbocycles. The molecule has 0 radical (unpaired) electrons. The van der Waals surface area contributed by atoms with Crippen LogP contribution in [0, 0.1) is 18.8 Å². The average molecular weight is 402 g/mol. The van der Waals surface area contributed by atoms with Crippen LogP contribution in [0.2, 0.25) is 0 Å². The van der Waals surface area contributed by atoms with E-state index in [-0.39, 0.29) is 0 Å². The quantitative estimate of drug-likeness (QED) is 0.407. The van der Waals surface area contributed by atoms with Crippen LogP contribution in [-0.4, -0.2) is 11.4 Å². The zero-order chi connectivity index (χ0) is 20.8. The maximum atomic E-state index is 5.92. The van der Waals surface area contributed by atoms with Crippen LogP contribution in [-0.2, 0) is 0 Å². The Hall–Kier alpha value is -2.42. The van der Waals surface area contributed by atoms with Crippen molar-refractivity contribution in [2.45, 2.75) is 71.1 Å². The van der Waals surface area contributed by atoms with Crippen LogP contribution in [0.5, 0.6) is 0 Å². The first-order valence-electron chi connectivity index (χ1n) is 11.8. The van der Waals surface area contributed by atoms with Crippen LogP contribution >= 0.6 is 0 Å². The molecule has 2 aromatic carbocycles. The number of benzene rings is 2. The van der Waals surface area contributed by atoms with E-state index in [2.05, 4.69) is 31.2 Å². The Labute approximate surface area is 181 Å². The van der Waals surface area contributed by atoms with Gasteiger partial charge in [-0.15, -0.1) is 0 Å². The van der Waals surface area contributed by atoms with E-state index in [0.717, 1.165) is 17.1 Å². The number of aliphatic imine (C=N–C) groups is 2. The maximum Gasteiger partial charge on any atom is 0.0659 e. The molecule has 2 aliphatic rings. The van der Waals surface area contributed by atoms with Gasteiger partial charge < -0.3 is 5.73 Å². The van der Waals surface area contributed by atoms with E-state index >= 15 is 0 Å². The van der Waals surface area contributed by atoms with Crippen molar-refractivity contribution in [3.05, 3.63) is 54.1 Å². The predicted octanol–water partition coefficient (Wildman–Crippen LogP) is 7.58. The predicted molar refractivity (Wildman–Crippen MR) is 129 cm³/mol. The Bertz CT molecular complexity index is 790. The summed E-state index contributed by atoms with van der Waals surface area (Å²) in [6, 6.07) is 16.6. The summed E-state index contributed by atoms with van der Waals surface area (Å²) in [7, 11) is 0. The van der Waals surface area contributed by atoms with Crippen LogP contribution in [0.3, 0.4) is 0 Å². The van der Waals surface area contributed by atoms with E-state index in [0.29, 0.717) is 11.8 Å². The van der Waals surface area contributed by atoms with E-state index in [9.17, 15) is 0 Å². The molecular formula is C27H35N3. The summed E-state index contributed by atoms with van der Waals surface area (Å²) in [6.07, 6.45) is 12.8. The molecule has 3 heteroatoms. The summed E-state index contributed by atoms with van der Waals surface area (Å²) in [5, 5.41) is 0. The second-order valence-electron chi connectivity index (χ2n) is 9.09. The van der Waals surface area contributed by atoms with Gasteiger partial charge in [-0.25, -0.2) is 0 Å². The van der Waals surface area contributed by atoms with Gasteiger partial charge in [-0.1, -0.05) is 56.2 Å². The topological polar surface area (TPSA) is 50.7 Å². The Morgan fingerprint density at radius 1 is 0.633 bits per heavy atom. The Morgan fingerprint density at radius 2 is 1.03 bits per heavy atom. The highest BCUT2D eigenvalue weighted by Gasteiger charge is 2.29. The van der Waals surface area contributed by atoms with Gasteiger partial charge in [-0.2, -0.15) is 0 Å². The van der Waals surface area contributed by atoms with Gasteiger partial charge in [0.05, 0.1) is 22.8 Å². The number of hydrogen-bond donors (Lipinski definition) is 1. The Morgan fingerprint density at radius 3 is 1.47 bits per heavy atom. The third-order valence-electron chi connectivity index (χ3n) is 6.67. The molecule has 0 saturated heterocycles. The molecule has 0 unspecified atom stereocenters. The van der Waals surface area contributed by atoms with E-state index in [1.807, 2.05) is 24.3 Å². The normalized spacial score (nSPS) is 19.8. The highest BCUT2D eigenvalue weighted by atomic mass is 14.8. The molecule has 0 aliphatic heterocycles. The number of nitrogen functional groups attached to an aromatic ring is 1. The lowest BCUT2D eigenvalue weighted by Crippen LogP contribution is -2.32. The van der Waals surface area contributed by atoms with Crippen molar-refractivity contribution in [3.63, 3.8) is 0 Å². The number of anilines is 1. The molecule has 0 heterocycles. The third kappa shape index (κ3) is 5.38. The Balaban J connectivity index is 1.78. The SMILES string of the molecule is Cc1ccc(/N=C(/C(=N/c2ccc(N)cc2)C2CCCCC2)C2CCCCC2)cc1. The molecule has 0 atom stereocenters. The highest BCUT2D eigenvalue weighted by molar-refractivity contribution is 6.44. The van der Waals surface area contributed by atoms with Gasteiger partial charge in [0, 0.05) is 17.5 Å². The molecule has 0 bridgehead atoms. The van der Waals surface area contributed by atoms with Crippen molar-refractivity contribution in [1.82, 2.24) is 0 Å². The van der Waals surface area contributed by atoms with Crippen LogP contribution in [0.1, 0.15) is 69.8 Å². The van der Waals surface area contributed by atoms with Crippen molar-refractivity contribution in [2.75, 3.05) is 5.73 Å². The fourth-order valence-electron chi connectivity index (χ4n) is 4.91. The largest absolute Gasteiger partial charge is 0.399 e. The van der Waals surface area contributed by atoms with Gasteiger partial charge in [-0.3, -0.25) is 9.98 Å². The minimum atomic E-state index is 0.516. The summed E-state index contributed by atoms with van der Waals surface area (Å²) in [5.41, 5.74) is 12.5. The van der Waals surface area contributed by atoms with E-state index in [4.69, 9.17) is 15.7 Å². The monoisotopic (exact) mass is 401 g/mol. The van der Waals surface area contributed by atoms with E-state index < -0.39 is 0 Å². The molecule has 30 heavy (non-hydrogen) atoms. The standard InChI is InChI=1S/C27H35N3/c1-20-12-16-24(17-13-20)29-26(21-8-4-2-5-9-21)27(22-10-6-3-7-11-22)30-25-18-14-23(28)15-19-25/h12-19,21-22H,2-11,28H2,1H3/b29-26+,30-27+. The second-order valence-corrected chi connectivity index (χ2v) is 9.09. The number of nitrogens with two attached hydrogens (primary N) is 1. The van der Waals surface area contributed by atoms with Crippen molar-refractivity contribution in [2.24, 2.45) is 21.8 Å². The summed E-state index contributed by atoms with van der Waals surface area (Å²) < 4.78 is 0. The molecule has 2 fully saturated rings. The van der Waals surface area contributed by atoms with Crippen LogP contribution in [0.25, 0.3) is 0 Å². The van der Waals surface area contributed by atoms with Crippen LogP contribution in [0.4, 0.5) is 17.1 Å². The zero-order valence-corrected chi connectivity index (χ0v) is 18.3. The van der Waals surface area contributed by atoms with E-state index in [1.54, 1.807) is 0 Å². The molecule has 4 rings (SSSR count). The van der Waals surface area contributed by atoms with Crippen molar-refractivity contribution >= 4 is 28.5 Å². The first kappa shape index (κ1) is 20.8. The van der Waals surface area contributed by atoms with E-state index in [1.165, 1.54) is 81.2 Å². The highest BCUT2D eigenvalue weighted by Crippen LogP contribution is 2.33. The Kier molecular flexibility index (Phi) is 6.99. The molecule has 2 N–H and O–H groups in total. The smallest absolute Gasteiger partial charge is 0.0659 e. The first-order chi connectivity index (χ1) is 14.7. The lowest BCUT2D eigenvalue weighted by molar-refractivity contribution is 0.429. The third-order valence-corrected chi connectivity index (χ3v) is 6.67. The van der Waals surface area contributed by atoms with Crippen molar-refractivity contribution in [3.8, 4) is 0 Å². The lowest BCUT2D eigenvalue weighted by Gasteiger charge is -2.30. The fraction of sp³-hybridized carbons (Fsp3) is 0.481. The van der Waals surface area contributed by atoms with Crippen molar-refractivity contribution < 1.29 is 0 Å². The molecule has 2 saturated carbocycles. The molecule has 158 valence electrons.